The molecule has 0 aliphatic rings. The molecule has 1 aromatic rings. The highest BCUT2D eigenvalue weighted by Gasteiger charge is 2.05. The van der Waals surface area contributed by atoms with E-state index in [2.05, 4.69) is 15.9 Å². The third-order valence-electron chi connectivity index (χ3n) is 2.02. The summed E-state index contributed by atoms with van der Waals surface area (Å²) in [7, 11) is -0.960. The second-order valence-electron chi connectivity index (χ2n) is 3.04. The van der Waals surface area contributed by atoms with Crippen LogP contribution in [0.2, 0.25) is 0 Å². The van der Waals surface area contributed by atoms with Crippen LogP contribution in [0.3, 0.4) is 0 Å². The molecule has 0 radical (unpaired) electrons. The zero-order valence-corrected chi connectivity index (χ0v) is 10.4. The maximum absolute atomic E-state index is 11.4. The molecule has 1 atom stereocenters. The van der Waals surface area contributed by atoms with E-state index in [1.807, 2.05) is 25.1 Å². The topological polar surface area (TPSA) is 37.3 Å². The number of hydrogen-bond donors (Lipinski definition) is 1. The SMILES string of the molecule is Cc1c(Br)cccc1C[S@@](=O)CCO. The van der Waals surface area contributed by atoms with E-state index in [9.17, 15) is 4.21 Å². The molecule has 0 amide bonds. The van der Waals surface area contributed by atoms with E-state index in [1.165, 1.54) is 0 Å². The fraction of sp³-hybridized carbons (Fsp3) is 0.400. The summed E-state index contributed by atoms with van der Waals surface area (Å²) in [6.07, 6.45) is 0. The van der Waals surface area contributed by atoms with Crippen LogP contribution in [-0.4, -0.2) is 21.7 Å². The number of benzene rings is 1. The van der Waals surface area contributed by atoms with Crippen LogP contribution in [0.15, 0.2) is 22.7 Å². The number of rotatable bonds is 4. The lowest BCUT2D eigenvalue weighted by atomic mass is 10.1. The van der Waals surface area contributed by atoms with Crippen LogP contribution in [0.25, 0.3) is 0 Å². The lowest BCUT2D eigenvalue weighted by Crippen LogP contribution is -2.05. The van der Waals surface area contributed by atoms with Gasteiger partial charge in [0.25, 0.3) is 0 Å². The average molecular weight is 277 g/mol. The molecule has 0 aliphatic heterocycles. The summed E-state index contributed by atoms with van der Waals surface area (Å²) < 4.78 is 12.4. The molecule has 0 aliphatic carbocycles. The predicted octanol–water partition coefficient (Wildman–Crippen LogP) is 2.00. The maximum Gasteiger partial charge on any atom is 0.0546 e. The Morgan fingerprint density at radius 1 is 1.50 bits per heavy atom. The van der Waals surface area contributed by atoms with Crippen LogP contribution in [0, 0.1) is 6.92 Å². The Labute approximate surface area is 94.9 Å². The van der Waals surface area contributed by atoms with Crippen LogP contribution in [0.4, 0.5) is 0 Å². The van der Waals surface area contributed by atoms with Crippen molar-refractivity contribution in [2.75, 3.05) is 12.4 Å². The van der Waals surface area contributed by atoms with Gasteiger partial charge in [-0.15, -0.1) is 0 Å². The Kier molecular flexibility index (Phi) is 4.78. The van der Waals surface area contributed by atoms with E-state index in [4.69, 9.17) is 5.11 Å². The summed E-state index contributed by atoms with van der Waals surface area (Å²) >= 11 is 3.43. The highest BCUT2D eigenvalue weighted by Crippen LogP contribution is 2.20. The molecule has 0 saturated heterocycles. The molecule has 14 heavy (non-hydrogen) atoms. The van der Waals surface area contributed by atoms with Crippen molar-refractivity contribution in [1.82, 2.24) is 0 Å². The highest BCUT2D eigenvalue weighted by atomic mass is 79.9. The average Bonchev–Trinajstić information content (AvgIpc) is 2.13. The van der Waals surface area contributed by atoms with Crippen molar-refractivity contribution < 1.29 is 9.32 Å². The van der Waals surface area contributed by atoms with Crippen LogP contribution in [0.1, 0.15) is 11.1 Å². The van der Waals surface area contributed by atoms with Gasteiger partial charge in [0.2, 0.25) is 0 Å². The van der Waals surface area contributed by atoms with Gasteiger partial charge < -0.3 is 5.11 Å². The van der Waals surface area contributed by atoms with Crippen LogP contribution < -0.4 is 0 Å². The lowest BCUT2D eigenvalue weighted by Gasteiger charge is -2.06. The Hall–Kier alpha value is -0.190. The van der Waals surface area contributed by atoms with Gasteiger partial charge in [-0.3, -0.25) is 4.21 Å². The van der Waals surface area contributed by atoms with Gasteiger partial charge in [0.1, 0.15) is 0 Å². The summed E-state index contributed by atoms with van der Waals surface area (Å²) in [5.41, 5.74) is 2.20. The van der Waals surface area contributed by atoms with Crippen LogP contribution in [-0.2, 0) is 16.6 Å². The van der Waals surface area contributed by atoms with Gasteiger partial charge in [-0.2, -0.15) is 0 Å². The molecule has 2 nitrogen and oxygen atoms in total. The van der Waals surface area contributed by atoms with Crippen molar-refractivity contribution in [2.24, 2.45) is 0 Å². The first-order chi connectivity index (χ1) is 6.65. The van der Waals surface area contributed by atoms with Gasteiger partial charge in [-0.25, -0.2) is 0 Å². The Balaban J connectivity index is 2.76. The van der Waals surface area contributed by atoms with Crippen molar-refractivity contribution >= 4 is 26.7 Å². The fourth-order valence-electron chi connectivity index (χ4n) is 1.16. The molecule has 4 heteroatoms. The normalized spacial score (nSPS) is 12.8. The number of halogens is 1. The Morgan fingerprint density at radius 3 is 2.86 bits per heavy atom. The monoisotopic (exact) mass is 276 g/mol. The highest BCUT2D eigenvalue weighted by molar-refractivity contribution is 9.10. The van der Waals surface area contributed by atoms with Gasteiger partial charge in [0, 0.05) is 26.8 Å². The van der Waals surface area contributed by atoms with E-state index >= 15 is 0 Å². The van der Waals surface area contributed by atoms with Crippen molar-refractivity contribution in [3.63, 3.8) is 0 Å². The van der Waals surface area contributed by atoms with E-state index in [1.54, 1.807) is 0 Å². The molecule has 1 aromatic carbocycles. The summed E-state index contributed by atoms with van der Waals surface area (Å²) in [5, 5.41) is 8.64. The van der Waals surface area contributed by atoms with Crippen molar-refractivity contribution in [2.45, 2.75) is 12.7 Å². The molecule has 78 valence electrons. The van der Waals surface area contributed by atoms with E-state index in [0.717, 1.165) is 15.6 Å². The van der Waals surface area contributed by atoms with Gasteiger partial charge in [0.15, 0.2) is 0 Å². The third-order valence-corrected chi connectivity index (χ3v) is 4.15. The third kappa shape index (κ3) is 3.19. The summed E-state index contributed by atoms with van der Waals surface area (Å²) in [4.78, 5) is 0. The molecular formula is C10H13BrO2S. The molecule has 0 aromatic heterocycles. The quantitative estimate of drug-likeness (QED) is 0.914. The summed E-state index contributed by atoms with van der Waals surface area (Å²) in [6, 6.07) is 5.87. The summed E-state index contributed by atoms with van der Waals surface area (Å²) in [6.45, 7) is 1.98. The smallest absolute Gasteiger partial charge is 0.0546 e. The molecular weight excluding hydrogens is 264 g/mol. The second-order valence-corrected chi connectivity index (χ2v) is 5.47. The van der Waals surface area contributed by atoms with Gasteiger partial charge in [-0.1, -0.05) is 28.1 Å². The molecule has 0 fully saturated rings. The van der Waals surface area contributed by atoms with Crippen LogP contribution in [0.5, 0.6) is 0 Å². The van der Waals surface area contributed by atoms with Gasteiger partial charge in [0.05, 0.1) is 6.61 Å². The Bertz CT molecular complexity index is 339. The zero-order chi connectivity index (χ0) is 10.6. The first-order valence-electron chi connectivity index (χ1n) is 4.35. The maximum atomic E-state index is 11.4. The molecule has 0 spiro atoms. The first-order valence-corrected chi connectivity index (χ1v) is 6.63. The van der Waals surface area contributed by atoms with E-state index < -0.39 is 10.8 Å². The zero-order valence-electron chi connectivity index (χ0n) is 8.00. The largest absolute Gasteiger partial charge is 0.395 e. The molecule has 0 bridgehead atoms. The second kappa shape index (κ2) is 5.63. The standard InChI is InChI=1S/C10H13BrO2S/c1-8-9(3-2-4-10(8)11)7-14(13)6-5-12/h2-4,12H,5-7H2,1H3/t14-/m0/s1. The number of aliphatic hydroxyl groups is 1. The molecule has 1 N–H and O–H groups in total. The molecule has 0 saturated carbocycles. The van der Waals surface area contributed by atoms with Crippen molar-refractivity contribution in [3.8, 4) is 0 Å². The minimum absolute atomic E-state index is 0.0142. The van der Waals surface area contributed by atoms with Gasteiger partial charge in [-0.05, 0) is 24.1 Å². The minimum Gasteiger partial charge on any atom is -0.395 e. The minimum atomic E-state index is -0.960. The van der Waals surface area contributed by atoms with E-state index in [0.29, 0.717) is 11.5 Å². The first kappa shape index (κ1) is 11.9. The van der Waals surface area contributed by atoms with Crippen molar-refractivity contribution in [3.05, 3.63) is 33.8 Å². The fourth-order valence-corrected chi connectivity index (χ4v) is 2.57. The molecule has 1 rings (SSSR count). The predicted molar refractivity (Wildman–Crippen MR) is 62.7 cm³/mol. The van der Waals surface area contributed by atoms with E-state index in [-0.39, 0.29) is 6.61 Å². The van der Waals surface area contributed by atoms with Crippen LogP contribution >= 0.6 is 15.9 Å². The molecule has 0 heterocycles. The van der Waals surface area contributed by atoms with Gasteiger partial charge >= 0.3 is 0 Å². The molecule has 0 unspecified atom stereocenters. The summed E-state index contributed by atoms with van der Waals surface area (Å²) in [5.74, 6) is 0.873. The number of hydrogen-bond acceptors (Lipinski definition) is 2. The Morgan fingerprint density at radius 2 is 2.21 bits per heavy atom. The lowest BCUT2D eigenvalue weighted by molar-refractivity contribution is 0.321. The number of aliphatic hydroxyl groups excluding tert-OH is 1. The van der Waals surface area contributed by atoms with Crippen molar-refractivity contribution in [1.29, 1.82) is 0 Å².